The van der Waals surface area contributed by atoms with Crippen LogP contribution in [0.3, 0.4) is 0 Å². The van der Waals surface area contributed by atoms with Gasteiger partial charge >= 0.3 is 24.0 Å². The number of carbonyl (C=O) groups excluding carboxylic acids is 3. The van der Waals surface area contributed by atoms with E-state index in [0.29, 0.717) is 0 Å². The van der Waals surface area contributed by atoms with E-state index in [9.17, 15) is 19.2 Å². The molecule has 0 saturated carbocycles. The van der Waals surface area contributed by atoms with Crippen molar-refractivity contribution in [1.82, 2.24) is 10.2 Å². The van der Waals surface area contributed by atoms with E-state index in [1.54, 1.807) is 19.2 Å². The van der Waals surface area contributed by atoms with Gasteiger partial charge in [-0.05, 0) is 26.5 Å². The molecule has 0 aromatic heterocycles. The minimum atomic E-state index is -1.62. The highest BCUT2D eigenvalue weighted by Gasteiger charge is 2.31. The van der Waals surface area contributed by atoms with Crippen molar-refractivity contribution in [3.63, 3.8) is 0 Å². The number of likely N-dealkylation sites (N-methyl/N-ethyl adjacent to an activating group) is 1. The van der Waals surface area contributed by atoms with Crippen molar-refractivity contribution in [2.75, 3.05) is 33.3 Å². The molecule has 0 fully saturated rings. The molecular formula is C21H34N2O8. The number of rotatable bonds is 11. The molecule has 0 saturated heterocycles. The summed E-state index contributed by atoms with van der Waals surface area (Å²) >= 11 is 0. The maximum absolute atomic E-state index is 11.7. The van der Waals surface area contributed by atoms with Gasteiger partial charge in [0.25, 0.3) is 0 Å². The number of amides is 1. The molecule has 10 heteroatoms. The summed E-state index contributed by atoms with van der Waals surface area (Å²) in [6.07, 6.45) is -0.744. The maximum Gasteiger partial charge on any atom is 0.407 e. The molecule has 0 radical (unpaired) electrons. The van der Waals surface area contributed by atoms with Gasteiger partial charge in [0, 0.05) is 7.97 Å². The highest BCUT2D eigenvalue weighted by molar-refractivity contribution is 5.81. The van der Waals surface area contributed by atoms with Crippen molar-refractivity contribution < 1.29 is 39.9 Å². The van der Waals surface area contributed by atoms with E-state index in [1.165, 1.54) is 18.7 Å². The average molecular weight is 443 g/mol. The molecule has 0 aliphatic carbocycles. The Balaban J connectivity index is 0. The van der Waals surface area contributed by atoms with Gasteiger partial charge in [-0.15, -0.1) is 0 Å². The molecule has 0 aliphatic rings. The molecule has 1 aromatic carbocycles. The van der Waals surface area contributed by atoms with Crippen molar-refractivity contribution in [3.05, 3.63) is 35.9 Å². The lowest BCUT2D eigenvalue weighted by atomic mass is 10.1. The number of hydrogen-bond donors (Lipinski definition) is 2. The molecule has 1 amide bonds. The summed E-state index contributed by atoms with van der Waals surface area (Å²) in [5, 5.41) is 11.2. The fourth-order valence-corrected chi connectivity index (χ4v) is 1.94. The number of carbonyl (C=O) groups is 4. The zero-order valence-corrected chi connectivity index (χ0v) is 18.7. The van der Waals surface area contributed by atoms with Crippen LogP contribution in [0.5, 0.6) is 0 Å². The summed E-state index contributed by atoms with van der Waals surface area (Å²) in [4.78, 5) is 47.3. The van der Waals surface area contributed by atoms with Gasteiger partial charge in [0.2, 0.25) is 5.60 Å². The molecule has 0 aliphatic heterocycles. The highest BCUT2D eigenvalue weighted by Crippen LogP contribution is 2.09. The number of alkyl carbamates (subject to hydrolysis) is 1. The first-order valence-corrected chi connectivity index (χ1v) is 9.84. The predicted molar refractivity (Wildman–Crippen MR) is 114 cm³/mol. The third kappa shape index (κ3) is 12.9. The number of nitrogens with zero attached hydrogens (tertiary/aromatic N) is 1. The van der Waals surface area contributed by atoms with Gasteiger partial charge < -0.3 is 24.6 Å². The number of carboxylic acids is 1. The fourth-order valence-electron chi connectivity index (χ4n) is 1.94. The summed E-state index contributed by atoms with van der Waals surface area (Å²) in [6.45, 7) is 6.30. The van der Waals surface area contributed by atoms with Gasteiger partial charge in [0.1, 0.15) is 19.8 Å². The van der Waals surface area contributed by atoms with E-state index in [-0.39, 0.29) is 34.3 Å². The quantitative estimate of drug-likeness (QED) is 0.390. The minimum absolute atomic E-state index is 0. The lowest BCUT2D eigenvalue weighted by molar-refractivity contribution is -0.175. The first kappa shape index (κ1) is 27.9. The number of benzene rings is 1. The van der Waals surface area contributed by atoms with Crippen LogP contribution < -0.4 is 5.32 Å². The number of aliphatic carboxylic acids is 1. The zero-order chi connectivity index (χ0) is 23.9. The Labute approximate surface area is 183 Å². The van der Waals surface area contributed by atoms with Crippen LogP contribution in [0, 0.1) is 0 Å². The summed E-state index contributed by atoms with van der Waals surface area (Å²) in [7, 11) is 1.59. The molecule has 2 N–H and O–H groups in total. The SMILES string of the molecule is CC.CN(CCOC(=O)CNC(=O)OCc1ccccc1)CC(=O)OC(C)(C)C(=O)O.[HH]. The topological polar surface area (TPSA) is 131 Å². The lowest BCUT2D eigenvalue weighted by Gasteiger charge is -2.22. The van der Waals surface area contributed by atoms with Gasteiger partial charge in [0.05, 0.1) is 6.54 Å². The Kier molecular flexibility index (Phi) is 13.3. The minimum Gasteiger partial charge on any atom is -0.478 e. The van der Waals surface area contributed by atoms with Crippen LogP contribution in [0.1, 0.15) is 34.7 Å². The van der Waals surface area contributed by atoms with Crippen molar-refractivity contribution in [2.45, 2.75) is 39.9 Å². The van der Waals surface area contributed by atoms with E-state index >= 15 is 0 Å². The van der Waals surface area contributed by atoms with Gasteiger partial charge in [-0.1, -0.05) is 44.2 Å². The Hall–Kier alpha value is -3.14. The summed E-state index contributed by atoms with van der Waals surface area (Å²) in [6, 6.07) is 9.08. The average Bonchev–Trinajstić information content (AvgIpc) is 2.72. The largest absolute Gasteiger partial charge is 0.478 e. The Morgan fingerprint density at radius 1 is 1.06 bits per heavy atom. The normalized spacial score (nSPS) is 10.4. The summed E-state index contributed by atoms with van der Waals surface area (Å²) in [5.74, 6) is -2.63. The van der Waals surface area contributed by atoms with Crippen molar-refractivity contribution in [3.8, 4) is 0 Å². The van der Waals surface area contributed by atoms with E-state index in [2.05, 4.69) is 5.32 Å². The highest BCUT2D eigenvalue weighted by atomic mass is 16.6. The van der Waals surface area contributed by atoms with E-state index in [0.717, 1.165) is 5.56 Å². The third-order valence-corrected chi connectivity index (χ3v) is 3.61. The van der Waals surface area contributed by atoms with Crippen LogP contribution in [0.2, 0.25) is 0 Å². The van der Waals surface area contributed by atoms with Crippen LogP contribution in [0.4, 0.5) is 4.79 Å². The number of carboxylic acid groups (broad SMARTS) is 1. The van der Waals surface area contributed by atoms with Crippen LogP contribution >= 0.6 is 0 Å². The maximum atomic E-state index is 11.7. The van der Waals surface area contributed by atoms with Crippen LogP contribution in [-0.2, 0) is 35.2 Å². The van der Waals surface area contributed by atoms with Crippen molar-refractivity contribution in [2.24, 2.45) is 0 Å². The Morgan fingerprint density at radius 2 is 1.68 bits per heavy atom. The first-order chi connectivity index (χ1) is 14.6. The second-order valence-electron chi connectivity index (χ2n) is 6.66. The van der Waals surface area contributed by atoms with Crippen molar-refractivity contribution in [1.29, 1.82) is 0 Å². The Morgan fingerprint density at radius 3 is 2.26 bits per heavy atom. The molecule has 0 unspecified atom stereocenters. The molecule has 0 bridgehead atoms. The van der Waals surface area contributed by atoms with Crippen LogP contribution in [-0.4, -0.2) is 72.9 Å². The molecular weight excluding hydrogens is 408 g/mol. The number of nitrogens with one attached hydrogen (secondary N) is 1. The van der Waals surface area contributed by atoms with E-state index < -0.39 is 29.6 Å². The van der Waals surface area contributed by atoms with Gasteiger partial charge in [-0.3, -0.25) is 14.5 Å². The first-order valence-electron chi connectivity index (χ1n) is 9.84. The van der Waals surface area contributed by atoms with Gasteiger partial charge in [0.15, 0.2) is 0 Å². The zero-order valence-electron chi connectivity index (χ0n) is 18.7. The van der Waals surface area contributed by atoms with Crippen molar-refractivity contribution >= 4 is 24.0 Å². The smallest absolute Gasteiger partial charge is 0.407 e. The Bertz CT molecular complexity index is 713. The summed E-state index contributed by atoms with van der Waals surface area (Å²) in [5.41, 5.74) is -0.802. The third-order valence-electron chi connectivity index (χ3n) is 3.61. The van der Waals surface area contributed by atoms with Crippen LogP contribution in [0.15, 0.2) is 30.3 Å². The number of hydrogen-bond acceptors (Lipinski definition) is 8. The monoisotopic (exact) mass is 442 g/mol. The molecule has 0 spiro atoms. The van der Waals surface area contributed by atoms with E-state index in [1.807, 2.05) is 32.0 Å². The molecule has 1 rings (SSSR count). The molecule has 0 atom stereocenters. The van der Waals surface area contributed by atoms with Crippen LogP contribution in [0.25, 0.3) is 0 Å². The number of ether oxygens (including phenoxy) is 3. The second-order valence-corrected chi connectivity index (χ2v) is 6.66. The lowest BCUT2D eigenvalue weighted by Crippen LogP contribution is -2.40. The predicted octanol–water partition coefficient (Wildman–Crippen LogP) is 2.07. The molecule has 31 heavy (non-hydrogen) atoms. The number of esters is 2. The van der Waals surface area contributed by atoms with Gasteiger partial charge in [-0.2, -0.15) is 0 Å². The second kappa shape index (κ2) is 14.8. The fraction of sp³-hybridized carbons (Fsp3) is 0.524. The molecule has 10 nitrogen and oxygen atoms in total. The molecule has 0 heterocycles. The molecule has 176 valence electrons. The summed E-state index contributed by atoms with van der Waals surface area (Å²) < 4.78 is 14.8. The molecule has 1 aromatic rings. The standard InChI is InChI=1S/C19H26N2O8.C2H6.H2/c1-19(2,17(24)25)29-16(23)12-21(3)9-10-27-15(22)11-20-18(26)28-13-14-7-5-4-6-8-14;1-2;/h4-8H,9-13H2,1-3H3,(H,20,26)(H,24,25);1-2H3;1H. The van der Waals surface area contributed by atoms with Gasteiger partial charge in [-0.25, -0.2) is 9.59 Å². The van der Waals surface area contributed by atoms with E-state index in [4.69, 9.17) is 19.3 Å².